The Morgan fingerprint density at radius 2 is 2.05 bits per heavy atom. The maximum absolute atomic E-state index is 10.6. The molecule has 0 aliphatic rings. The molecule has 1 N–H and O–H groups in total. The van der Waals surface area contributed by atoms with Gasteiger partial charge in [0, 0.05) is 25.4 Å². The number of hydrogen-bond donors (Lipinski definition) is 1. The van der Waals surface area contributed by atoms with E-state index in [2.05, 4.69) is 11.1 Å². The molecule has 2 rings (SSSR count). The van der Waals surface area contributed by atoms with Crippen molar-refractivity contribution in [2.75, 3.05) is 18.5 Å². The summed E-state index contributed by atoms with van der Waals surface area (Å²) in [5.74, 6) is -0.375. The van der Waals surface area contributed by atoms with E-state index in [1.165, 1.54) is 0 Å². The molecule has 1 aromatic heterocycles. The van der Waals surface area contributed by atoms with E-state index in [-0.39, 0.29) is 6.42 Å². The molecule has 0 aliphatic carbocycles. The molecule has 5 heteroatoms. The summed E-state index contributed by atoms with van der Waals surface area (Å²) in [6, 6.07) is 13.6. The number of pyridine rings is 1. The van der Waals surface area contributed by atoms with E-state index in [9.17, 15) is 10.1 Å². The van der Waals surface area contributed by atoms with Crippen molar-refractivity contribution in [3.8, 4) is 17.2 Å². The van der Waals surface area contributed by atoms with Crippen LogP contribution in [0.1, 0.15) is 12.0 Å². The topological polar surface area (TPSA) is 77.2 Å². The molecule has 0 saturated carbocycles. The highest BCUT2D eigenvalue weighted by Gasteiger charge is 2.12. The zero-order valence-electron chi connectivity index (χ0n) is 11.7. The van der Waals surface area contributed by atoms with Crippen LogP contribution in [-0.4, -0.2) is 29.7 Å². The van der Waals surface area contributed by atoms with Crippen molar-refractivity contribution in [1.29, 1.82) is 5.26 Å². The quantitative estimate of drug-likeness (QED) is 0.911. The van der Waals surface area contributed by atoms with E-state index in [0.717, 1.165) is 11.1 Å². The van der Waals surface area contributed by atoms with E-state index in [1.54, 1.807) is 24.2 Å². The molecule has 0 saturated heterocycles. The van der Waals surface area contributed by atoms with Crippen LogP contribution >= 0.6 is 0 Å². The number of aliphatic carboxylic acids is 1. The first-order valence-electron chi connectivity index (χ1n) is 6.50. The third-order valence-corrected chi connectivity index (χ3v) is 3.12. The lowest BCUT2D eigenvalue weighted by atomic mass is 10.1. The number of anilines is 1. The van der Waals surface area contributed by atoms with Gasteiger partial charge in [-0.1, -0.05) is 30.3 Å². The van der Waals surface area contributed by atoms with E-state index < -0.39 is 5.97 Å². The predicted octanol–water partition coefficient (Wildman–Crippen LogP) is 2.53. The second-order valence-electron chi connectivity index (χ2n) is 4.64. The minimum Gasteiger partial charge on any atom is -0.481 e. The van der Waals surface area contributed by atoms with Gasteiger partial charge in [-0.15, -0.1) is 0 Å². The average Bonchev–Trinajstić information content (AvgIpc) is 2.52. The zero-order chi connectivity index (χ0) is 15.2. The van der Waals surface area contributed by atoms with E-state index in [1.807, 2.05) is 30.3 Å². The Kier molecular flexibility index (Phi) is 4.52. The summed E-state index contributed by atoms with van der Waals surface area (Å²) in [5, 5.41) is 18.0. The molecule has 0 atom stereocenters. The lowest BCUT2D eigenvalue weighted by Crippen LogP contribution is -2.23. The number of hydrogen-bond acceptors (Lipinski definition) is 4. The Balaban J connectivity index is 2.29. The van der Waals surface area contributed by atoms with E-state index in [0.29, 0.717) is 17.9 Å². The minimum absolute atomic E-state index is 0.00346. The number of carboxylic acids is 1. The third kappa shape index (κ3) is 3.57. The van der Waals surface area contributed by atoms with E-state index >= 15 is 0 Å². The molecule has 0 amide bonds. The van der Waals surface area contributed by atoms with Crippen LogP contribution < -0.4 is 4.90 Å². The smallest absolute Gasteiger partial charge is 0.305 e. The summed E-state index contributed by atoms with van der Waals surface area (Å²) in [6.45, 7) is 0.307. The van der Waals surface area contributed by atoms with Gasteiger partial charge in [0.2, 0.25) is 0 Å². The number of rotatable bonds is 5. The Bertz CT molecular complexity index is 678. The zero-order valence-corrected chi connectivity index (χ0v) is 11.7. The van der Waals surface area contributed by atoms with Gasteiger partial charge in [0.05, 0.1) is 12.0 Å². The van der Waals surface area contributed by atoms with Crippen LogP contribution in [0.25, 0.3) is 11.1 Å². The molecular weight excluding hydrogens is 266 g/mol. The Labute approximate surface area is 123 Å². The summed E-state index contributed by atoms with van der Waals surface area (Å²) in [6.07, 6.45) is 1.70. The standard InChI is InChI=1S/C16H15N3O2/c1-19(8-7-15(20)21)16-13(10-17)9-14(11-18-16)12-5-3-2-4-6-12/h2-6,9,11H,7-8H2,1H3,(H,20,21). The molecule has 21 heavy (non-hydrogen) atoms. The summed E-state index contributed by atoms with van der Waals surface area (Å²) >= 11 is 0. The summed E-state index contributed by atoms with van der Waals surface area (Å²) in [4.78, 5) is 16.6. The molecule has 106 valence electrons. The van der Waals surface area contributed by atoms with Crippen LogP contribution in [0.2, 0.25) is 0 Å². The third-order valence-electron chi connectivity index (χ3n) is 3.12. The average molecular weight is 281 g/mol. The van der Waals surface area contributed by atoms with Crippen molar-refractivity contribution in [1.82, 2.24) is 4.98 Å². The maximum atomic E-state index is 10.6. The molecule has 0 radical (unpaired) electrons. The fraction of sp³-hybridized carbons (Fsp3) is 0.188. The Morgan fingerprint density at radius 1 is 1.33 bits per heavy atom. The van der Waals surface area contributed by atoms with Crippen molar-refractivity contribution < 1.29 is 9.90 Å². The minimum atomic E-state index is -0.874. The lowest BCUT2D eigenvalue weighted by Gasteiger charge is -2.18. The largest absolute Gasteiger partial charge is 0.481 e. The molecule has 2 aromatic rings. The fourth-order valence-electron chi connectivity index (χ4n) is 2.00. The first kappa shape index (κ1) is 14.5. The molecule has 0 aliphatic heterocycles. The van der Waals surface area contributed by atoms with Gasteiger partial charge in [-0.3, -0.25) is 4.79 Å². The predicted molar refractivity (Wildman–Crippen MR) is 79.9 cm³/mol. The maximum Gasteiger partial charge on any atom is 0.305 e. The molecule has 5 nitrogen and oxygen atoms in total. The van der Waals surface area contributed by atoms with Gasteiger partial charge in [-0.05, 0) is 11.6 Å². The number of nitrogens with zero attached hydrogens (tertiary/aromatic N) is 3. The van der Waals surface area contributed by atoms with Crippen LogP contribution in [0.4, 0.5) is 5.82 Å². The first-order valence-corrected chi connectivity index (χ1v) is 6.50. The highest BCUT2D eigenvalue weighted by molar-refractivity contribution is 5.69. The monoisotopic (exact) mass is 281 g/mol. The second kappa shape index (κ2) is 6.53. The van der Waals surface area contributed by atoms with Gasteiger partial charge in [-0.25, -0.2) is 4.98 Å². The lowest BCUT2D eigenvalue weighted by molar-refractivity contribution is -0.136. The van der Waals surface area contributed by atoms with Crippen molar-refractivity contribution in [2.24, 2.45) is 0 Å². The van der Waals surface area contributed by atoms with Gasteiger partial charge in [0.25, 0.3) is 0 Å². The molecule has 0 unspecified atom stereocenters. The van der Waals surface area contributed by atoms with Gasteiger partial charge < -0.3 is 10.0 Å². The van der Waals surface area contributed by atoms with Gasteiger partial charge in [0.15, 0.2) is 0 Å². The van der Waals surface area contributed by atoms with Crippen molar-refractivity contribution >= 4 is 11.8 Å². The van der Waals surface area contributed by atoms with Crippen LogP contribution in [0.5, 0.6) is 0 Å². The SMILES string of the molecule is CN(CCC(=O)O)c1ncc(-c2ccccc2)cc1C#N. The number of carboxylic acid groups (broad SMARTS) is 1. The normalized spacial score (nSPS) is 9.90. The molecule has 0 fully saturated rings. The summed E-state index contributed by atoms with van der Waals surface area (Å²) in [5.41, 5.74) is 2.29. The number of benzene rings is 1. The highest BCUT2D eigenvalue weighted by Crippen LogP contribution is 2.24. The van der Waals surface area contributed by atoms with Crippen LogP contribution in [0.15, 0.2) is 42.6 Å². The number of carbonyl (C=O) groups is 1. The molecular formula is C16H15N3O2. The summed E-state index contributed by atoms with van der Waals surface area (Å²) < 4.78 is 0. The van der Waals surface area contributed by atoms with Crippen molar-refractivity contribution in [2.45, 2.75) is 6.42 Å². The number of aromatic nitrogens is 1. The van der Waals surface area contributed by atoms with Crippen molar-refractivity contribution in [3.63, 3.8) is 0 Å². The second-order valence-corrected chi connectivity index (χ2v) is 4.64. The molecule has 0 spiro atoms. The summed E-state index contributed by atoms with van der Waals surface area (Å²) in [7, 11) is 1.73. The van der Waals surface area contributed by atoms with Crippen LogP contribution in [0, 0.1) is 11.3 Å². The Hall–Kier alpha value is -2.87. The fourth-order valence-corrected chi connectivity index (χ4v) is 2.00. The van der Waals surface area contributed by atoms with Gasteiger partial charge >= 0.3 is 5.97 Å². The molecule has 0 bridgehead atoms. The van der Waals surface area contributed by atoms with Gasteiger partial charge in [-0.2, -0.15) is 5.26 Å². The van der Waals surface area contributed by atoms with Crippen molar-refractivity contribution in [3.05, 3.63) is 48.2 Å². The van der Waals surface area contributed by atoms with Crippen LogP contribution in [-0.2, 0) is 4.79 Å². The molecule has 1 aromatic carbocycles. The molecule has 1 heterocycles. The highest BCUT2D eigenvalue weighted by atomic mass is 16.4. The van der Waals surface area contributed by atoms with Crippen LogP contribution in [0.3, 0.4) is 0 Å². The Morgan fingerprint density at radius 3 is 2.67 bits per heavy atom. The van der Waals surface area contributed by atoms with Gasteiger partial charge in [0.1, 0.15) is 11.9 Å². The first-order chi connectivity index (χ1) is 10.1. The number of nitriles is 1. The van der Waals surface area contributed by atoms with E-state index in [4.69, 9.17) is 5.11 Å².